The molecule has 3 N–H and O–H groups in total. The maximum absolute atomic E-state index is 11.5. The van der Waals surface area contributed by atoms with E-state index >= 15 is 0 Å². The molecule has 0 saturated heterocycles. The van der Waals surface area contributed by atoms with Crippen molar-refractivity contribution in [3.8, 4) is 0 Å². The highest BCUT2D eigenvalue weighted by atomic mass is 16.2. The van der Waals surface area contributed by atoms with Gasteiger partial charge in [-0.25, -0.2) is 5.84 Å². The number of nitrogens with two attached hydrogens (primary N) is 1. The molecular formula is C16H27N3O. The lowest BCUT2D eigenvalue weighted by atomic mass is 9.99. The molecule has 1 aromatic rings. The number of carbonyl (C=O) groups excluding carboxylic acids is 1. The van der Waals surface area contributed by atoms with E-state index in [1.165, 1.54) is 24.8 Å². The molecule has 0 bridgehead atoms. The molecule has 1 unspecified atom stereocenters. The van der Waals surface area contributed by atoms with Crippen LogP contribution in [0.2, 0.25) is 0 Å². The van der Waals surface area contributed by atoms with Crippen LogP contribution in [0, 0.1) is 0 Å². The summed E-state index contributed by atoms with van der Waals surface area (Å²) in [4.78, 5) is 13.8. The second kappa shape index (κ2) is 8.72. The summed E-state index contributed by atoms with van der Waals surface area (Å²) in [6, 6.07) is 8.20. The fraction of sp³-hybridized carbons (Fsp3) is 0.562. The third-order valence-corrected chi connectivity index (χ3v) is 3.61. The van der Waals surface area contributed by atoms with Crippen molar-refractivity contribution in [3.05, 3.63) is 35.4 Å². The third-order valence-electron chi connectivity index (χ3n) is 3.61. The van der Waals surface area contributed by atoms with E-state index in [4.69, 9.17) is 5.84 Å². The van der Waals surface area contributed by atoms with Crippen LogP contribution in [-0.4, -0.2) is 24.4 Å². The van der Waals surface area contributed by atoms with E-state index in [2.05, 4.69) is 36.4 Å². The van der Waals surface area contributed by atoms with E-state index in [0.29, 0.717) is 0 Å². The van der Waals surface area contributed by atoms with Crippen molar-refractivity contribution in [3.63, 3.8) is 0 Å². The summed E-state index contributed by atoms with van der Waals surface area (Å²) >= 11 is 0. The van der Waals surface area contributed by atoms with Crippen LogP contribution in [0.25, 0.3) is 0 Å². The maximum Gasteiger partial charge on any atom is 0.241 e. The average molecular weight is 277 g/mol. The molecule has 0 aliphatic rings. The SMILES string of the molecule is CCCCCN(C)Cc1ccc(C(C)C(=O)NN)cc1. The molecule has 0 fully saturated rings. The highest BCUT2D eigenvalue weighted by Crippen LogP contribution is 2.16. The normalized spacial score (nSPS) is 12.4. The molecule has 0 saturated carbocycles. The minimum absolute atomic E-state index is 0.158. The summed E-state index contributed by atoms with van der Waals surface area (Å²) < 4.78 is 0. The number of hydrazine groups is 1. The zero-order valence-corrected chi connectivity index (χ0v) is 12.9. The highest BCUT2D eigenvalue weighted by molar-refractivity contribution is 5.82. The van der Waals surface area contributed by atoms with Crippen LogP contribution in [-0.2, 0) is 11.3 Å². The van der Waals surface area contributed by atoms with E-state index in [1.807, 2.05) is 19.1 Å². The Labute approximate surface area is 122 Å². The van der Waals surface area contributed by atoms with Crippen LogP contribution in [0.4, 0.5) is 0 Å². The maximum atomic E-state index is 11.5. The van der Waals surface area contributed by atoms with Gasteiger partial charge < -0.3 is 4.90 Å². The molecule has 0 aromatic heterocycles. The smallest absolute Gasteiger partial charge is 0.241 e. The number of carbonyl (C=O) groups is 1. The first-order valence-electron chi connectivity index (χ1n) is 7.36. The second-order valence-electron chi connectivity index (χ2n) is 5.42. The van der Waals surface area contributed by atoms with Crippen molar-refractivity contribution >= 4 is 5.91 Å². The number of rotatable bonds is 8. The fourth-order valence-corrected chi connectivity index (χ4v) is 2.21. The highest BCUT2D eigenvalue weighted by Gasteiger charge is 2.13. The quantitative estimate of drug-likeness (QED) is 0.332. The van der Waals surface area contributed by atoms with Gasteiger partial charge in [-0.2, -0.15) is 0 Å². The number of unbranched alkanes of at least 4 members (excludes halogenated alkanes) is 2. The molecule has 1 atom stereocenters. The van der Waals surface area contributed by atoms with Crippen molar-refractivity contribution in [1.29, 1.82) is 0 Å². The molecule has 0 aliphatic carbocycles. The summed E-state index contributed by atoms with van der Waals surface area (Å²) in [5.74, 6) is 4.79. The Balaban J connectivity index is 2.52. The van der Waals surface area contributed by atoms with Crippen molar-refractivity contribution in [2.45, 2.75) is 45.6 Å². The van der Waals surface area contributed by atoms with E-state index in [-0.39, 0.29) is 11.8 Å². The average Bonchev–Trinajstić information content (AvgIpc) is 2.46. The van der Waals surface area contributed by atoms with E-state index in [0.717, 1.165) is 18.7 Å². The molecule has 0 aliphatic heterocycles. The predicted octanol–water partition coefficient (Wildman–Crippen LogP) is 2.40. The van der Waals surface area contributed by atoms with Gasteiger partial charge in [0.2, 0.25) is 5.91 Å². The van der Waals surface area contributed by atoms with E-state index in [1.54, 1.807) is 0 Å². The lowest BCUT2D eigenvalue weighted by molar-refractivity contribution is -0.122. The van der Waals surface area contributed by atoms with Gasteiger partial charge in [-0.15, -0.1) is 0 Å². The molecule has 1 amide bonds. The minimum Gasteiger partial charge on any atom is -0.302 e. The molecule has 20 heavy (non-hydrogen) atoms. The summed E-state index contributed by atoms with van der Waals surface area (Å²) in [7, 11) is 2.15. The number of nitrogens with one attached hydrogen (secondary N) is 1. The van der Waals surface area contributed by atoms with Gasteiger partial charge in [0.25, 0.3) is 0 Å². The Hall–Kier alpha value is -1.39. The van der Waals surface area contributed by atoms with Crippen LogP contribution in [0.3, 0.4) is 0 Å². The van der Waals surface area contributed by atoms with Gasteiger partial charge in [0.15, 0.2) is 0 Å². The van der Waals surface area contributed by atoms with Gasteiger partial charge in [-0.3, -0.25) is 10.2 Å². The topological polar surface area (TPSA) is 58.4 Å². The van der Waals surface area contributed by atoms with Crippen molar-refractivity contribution in [2.75, 3.05) is 13.6 Å². The Morgan fingerprint density at radius 3 is 2.50 bits per heavy atom. The first-order chi connectivity index (χ1) is 9.58. The van der Waals surface area contributed by atoms with Crippen LogP contribution in [0.15, 0.2) is 24.3 Å². The van der Waals surface area contributed by atoms with Crippen LogP contribution in [0.5, 0.6) is 0 Å². The number of hydrogen-bond acceptors (Lipinski definition) is 3. The van der Waals surface area contributed by atoms with E-state index in [9.17, 15) is 4.79 Å². The van der Waals surface area contributed by atoms with Crippen LogP contribution < -0.4 is 11.3 Å². The lowest BCUT2D eigenvalue weighted by Crippen LogP contribution is -2.33. The molecule has 0 radical (unpaired) electrons. The van der Waals surface area contributed by atoms with Crippen molar-refractivity contribution in [2.24, 2.45) is 5.84 Å². The molecule has 1 aromatic carbocycles. The van der Waals surface area contributed by atoms with Gasteiger partial charge >= 0.3 is 0 Å². The molecular weight excluding hydrogens is 250 g/mol. The standard InChI is InChI=1S/C16H27N3O/c1-4-5-6-11-19(3)12-14-7-9-15(10-8-14)13(2)16(20)18-17/h7-10,13H,4-6,11-12,17H2,1-3H3,(H,18,20). The Morgan fingerprint density at radius 2 is 1.95 bits per heavy atom. The number of hydrogen-bond donors (Lipinski definition) is 2. The summed E-state index contributed by atoms with van der Waals surface area (Å²) in [5, 5.41) is 0. The Bertz CT molecular complexity index is 403. The van der Waals surface area contributed by atoms with Gasteiger partial charge in [0.1, 0.15) is 0 Å². The van der Waals surface area contributed by atoms with E-state index < -0.39 is 0 Å². The zero-order chi connectivity index (χ0) is 15.0. The largest absolute Gasteiger partial charge is 0.302 e. The Morgan fingerprint density at radius 1 is 1.30 bits per heavy atom. The molecule has 112 valence electrons. The molecule has 0 spiro atoms. The lowest BCUT2D eigenvalue weighted by Gasteiger charge is -2.17. The van der Waals surface area contributed by atoms with Gasteiger partial charge in [0, 0.05) is 6.54 Å². The van der Waals surface area contributed by atoms with Gasteiger partial charge in [0.05, 0.1) is 5.92 Å². The van der Waals surface area contributed by atoms with Crippen LogP contribution in [0.1, 0.15) is 50.2 Å². The van der Waals surface area contributed by atoms with Gasteiger partial charge in [-0.1, -0.05) is 44.0 Å². The second-order valence-corrected chi connectivity index (χ2v) is 5.42. The molecule has 4 heteroatoms. The number of amides is 1. The number of nitrogens with zero attached hydrogens (tertiary/aromatic N) is 1. The molecule has 1 rings (SSSR count). The fourth-order valence-electron chi connectivity index (χ4n) is 2.21. The molecule has 0 heterocycles. The minimum atomic E-state index is -0.212. The summed E-state index contributed by atoms with van der Waals surface area (Å²) in [5.41, 5.74) is 4.45. The summed E-state index contributed by atoms with van der Waals surface area (Å²) in [6.45, 7) is 6.15. The summed E-state index contributed by atoms with van der Waals surface area (Å²) in [6.07, 6.45) is 3.79. The monoisotopic (exact) mass is 277 g/mol. The van der Waals surface area contributed by atoms with Gasteiger partial charge in [-0.05, 0) is 38.1 Å². The molecule has 4 nitrogen and oxygen atoms in total. The third kappa shape index (κ3) is 5.31. The number of benzene rings is 1. The zero-order valence-electron chi connectivity index (χ0n) is 12.9. The predicted molar refractivity (Wildman–Crippen MR) is 83.0 cm³/mol. The van der Waals surface area contributed by atoms with Crippen molar-refractivity contribution < 1.29 is 4.79 Å². The first kappa shape index (κ1) is 16.7. The van der Waals surface area contributed by atoms with Crippen LogP contribution >= 0.6 is 0 Å². The Kier molecular flexibility index (Phi) is 7.26. The van der Waals surface area contributed by atoms with Crippen molar-refractivity contribution in [1.82, 2.24) is 10.3 Å². The first-order valence-corrected chi connectivity index (χ1v) is 7.36.